The van der Waals surface area contributed by atoms with E-state index in [4.69, 9.17) is 0 Å². The van der Waals surface area contributed by atoms with Crippen LogP contribution < -0.4 is 5.32 Å². The molecule has 0 bridgehead atoms. The standard InChI is InChI=1S/C11H11N5OS/c17-11(12-6-10-13-15-16-14-10)9-5-7-3-1-2-4-8(7)18-9/h1-4,9H,5-6H2,(H,12,17)(H,13,14,15,16). The fourth-order valence-electron chi connectivity index (χ4n) is 1.87. The van der Waals surface area contributed by atoms with Crippen molar-refractivity contribution in [3.8, 4) is 0 Å². The van der Waals surface area contributed by atoms with Crippen LogP contribution in [0.1, 0.15) is 11.4 Å². The second-order valence-corrected chi connectivity index (χ2v) is 5.21. The molecule has 1 amide bonds. The summed E-state index contributed by atoms with van der Waals surface area (Å²) in [6, 6.07) is 8.10. The number of hydrogen-bond acceptors (Lipinski definition) is 5. The molecule has 0 spiro atoms. The van der Waals surface area contributed by atoms with Crippen molar-refractivity contribution in [3.63, 3.8) is 0 Å². The average molecular weight is 261 g/mol. The van der Waals surface area contributed by atoms with Crippen molar-refractivity contribution in [3.05, 3.63) is 35.7 Å². The van der Waals surface area contributed by atoms with E-state index in [2.05, 4.69) is 32.0 Å². The van der Waals surface area contributed by atoms with E-state index in [9.17, 15) is 4.79 Å². The van der Waals surface area contributed by atoms with Crippen LogP contribution in [0.25, 0.3) is 0 Å². The molecule has 2 N–H and O–H groups in total. The molecule has 1 aromatic heterocycles. The quantitative estimate of drug-likeness (QED) is 0.842. The maximum atomic E-state index is 12.0. The maximum Gasteiger partial charge on any atom is 0.234 e. The molecule has 1 unspecified atom stereocenters. The Morgan fingerprint density at radius 1 is 1.50 bits per heavy atom. The third-order valence-electron chi connectivity index (χ3n) is 2.75. The highest BCUT2D eigenvalue weighted by Gasteiger charge is 2.27. The van der Waals surface area contributed by atoms with E-state index in [-0.39, 0.29) is 11.2 Å². The highest BCUT2D eigenvalue weighted by Crippen LogP contribution is 2.36. The Hall–Kier alpha value is -1.89. The lowest BCUT2D eigenvalue weighted by atomic mass is 10.1. The minimum atomic E-state index is -0.0608. The van der Waals surface area contributed by atoms with Crippen molar-refractivity contribution in [1.82, 2.24) is 25.9 Å². The molecule has 6 nitrogen and oxygen atoms in total. The van der Waals surface area contributed by atoms with Gasteiger partial charge in [-0.25, -0.2) is 0 Å². The van der Waals surface area contributed by atoms with Crippen LogP contribution in [0.4, 0.5) is 0 Å². The molecule has 3 rings (SSSR count). The summed E-state index contributed by atoms with van der Waals surface area (Å²) in [6.07, 6.45) is 0.777. The number of nitrogens with zero attached hydrogens (tertiary/aromatic N) is 3. The summed E-state index contributed by atoms with van der Waals surface area (Å²) in [4.78, 5) is 13.2. The fourth-order valence-corrected chi connectivity index (χ4v) is 3.09. The van der Waals surface area contributed by atoms with E-state index in [0.717, 1.165) is 6.42 Å². The van der Waals surface area contributed by atoms with Gasteiger partial charge in [-0.2, -0.15) is 5.21 Å². The Labute approximate surface area is 108 Å². The third kappa shape index (κ3) is 2.21. The van der Waals surface area contributed by atoms with Gasteiger partial charge in [-0.05, 0) is 18.1 Å². The van der Waals surface area contributed by atoms with Crippen molar-refractivity contribution in [2.75, 3.05) is 0 Å². The summed E-state index contributed by atoms with van der Waals surface area (Å²) in [6.45, 7) is 0.308. The second kappa shape index (κ2) is 4.77. The van der Waals surface area contributed by atoms with Crippen molar-refractivity contribution >= 4 is 17.7 Å². The van der Waals surface area contributed by atoms with Gasteiger partial charge >= 0.3 is 0 Å². The van der Waals surface area contributed by atoms with E-state index in [1.54, 1.807) is 11.8 Å². The number of hydrogen-bond donors (Lipinski definition) is 2. The Bertz CT molecular complexity index is 531. The van der Waals surface area contributed by atoms with Crippen molar-refractivity contribution in [2.24, 2.45) is 0 Å². The van der Waals surface area contributed by atoms with Crippen LogP contribution in [0.5, 0.6) is 0 Å². The highest BCUT2D eigenvalue weighted by atomic mass is 32.2. The van der Waals surface area contributed by atoms with E-state index in [0.29, 0.717) is 12.4 Å². The number of H-pyrrole nitrogens is 1. The molecule has 2 heterocycles. The van der Waals surface area contributed by atoms with Crippen LogP contribution in [-0.4, -0.2) is 31.8 Å². The molecule has 7 heteroatoms. The van der Waals surface area contributed by atoms with Crippen LogP contribution in [0.3, 0.4) is 0 Å². The summed E-state index contributed by atoms with van der Waals surface area (Å²) in [5.74, 6) is 0.505. The predicted molar refractivity (Wildman–Crippen MR) is 65.8 cm³/mol. The van der Waals surface area contributed by atoms with Crippen LogP contribution in [-0.2, 0) is 17.8 Å². The smallest absolute Gasteiger partial charge is 0.234 e. The topological polar surface area (TPSA) is 83.6 Å². The van der Waals surface area contributed by atoms with E-state index in [1.807, 2.05) is 18.2 Å². The number of fused-ring (bicyclic) bond motifs is 1. The van der Waals surface area contributed by atoms with Crippen LogP contribution in [0.2, 0.25) is 0 Å². The van der Waals surface area contributed by atoms with E-state index in [1.165, 1.54) is 10.5 Å². The lowest BCUT2D eigenvalue weighted by Crippen LogP contribution is -2.32. The van der Waals surface area contributed by atoms with Gasteiger partial charge in [0.25, 0.3) is 0 Å². The monoisotopic (exact) mass is 261 g/mol. The number of nitrogens with one attached hydrogen (secondary N) is 2. The molecule has 1 aliphatic heterocycles. The number of tetrazole rings is 1. The number of aromatic nitrogens is 4. The molecule has 18 heavy (non-hydrogen) atoms. The van der Waals surface area contributed by atoms with Gasteiger partial charge in [-0.15, -0.1) is 22.0 Å². The Morgan fingerprint density at radius 2 is 2.39 bits per heavy atom. The summed E-state index contributed by atoms with van der Waals surface area (Å²) in [5, 5.41) is 16.1. The minimum absolute atomic E-state index is 0.0148. The lowest BCUT2D eigenvalue weighted by molar-refractivity contribution is -0.120. The number of carbonyl (C=O) groups is 1. The molecule has 1 atom stereocenters. The summed E-state index contributed by atoms with van der Waals surface area (Å²) >= 11 is 1.61. The van der Waals surface area contributed by atoms with Crippen molar-refractivity contribution < 1.29 is 4.79 Å². The molecule has 0 saturated heterocycles. The number of benzene rings is 1. The van der Waals surface area contributed by atoms with Gasteiger partial charge in [0, 0.05) is 4.90 Å². The molecule has 92 valence electrons. The number of thioether (sulfide) groups is 1. The first-order valence-electron chi connectivity index (χ1n) is 5.57. The molecule has 0 radical (unpaired) electrons. The molecule has 2 aromatic rings. The zero-order valence-electron chi connectivity index (χ0n) is 9.46. The summed E-state index contributed by atoms with van der Waals surface area (Å²) < 4.78 is 0. The normalized spacial score (nSPS) is 17.4. The van der Waals surface area contributed by atoms with Gasteiger partial charge in [0.15, 0.2) is 5.82 Å². The first kappa shape index (κ1) is 11.2. The maximum absolute atomic E-state index is 12.0. The van der Waals surface area contributed by atoms with Crippen LogP contribution in [0, 0.1) is 0 Å². The summed E-state index contributed by atoms with van der Waals surface area (Å²) in [5.41, 5.74) is 1.24. The third-order valence-corrected chi connectivity index (χ3v) is 4.07. The summed E-state index contributed by atoms with van der Waals surface area (Å²) in [7, 11) is 0. The Balaban J connectivity index is 1.59. The van der Waals surface area contributed by atoms with Gasteiger partial charge in [0.05, 0.1) is 11.8 Å². The van der Waals surface area contributed by atoms with Crippen molar-refractivity contribution in [2.45, 2.75) is 23.1 Å². The molecule has 1 aromatic carbocycles. The Morgan fingerprint density at radius 3 is 3.17 bits per heavy atom. The first-order valence-corrected chi connectivity index (χ1v) is 6.45. The molecule has 1 aliphatic rings. The van der Waals surface area contributed by atoms with Gasteiger partial charge in [-0.1, -0.05) is 23.4 Å². The van der Waals surface area contributed by atoms with E-state index >= 15 is 0 Å². The predicted octanol–water partition coefficient (Wildman–Crippen LogP) is 0.533. The first-order chi connectivity index (χ1) is 8.83. The highest BCUT2D eigenvalue weighted by molar-refractivity contribution is 8.01. The lowest BCUT2D eigenvalue weighted by Gasteiger charge is -2.07. The molecule has 0 aliphatic carbocycles. The molecule has 0 fully saturated rings. The van der Waals surface area contributed by atoms with Crippen molar-refractivity contribution in [1.29, 1.82) is 0 Å². The van der Waals surface area contributed by atoms with Gasteiger partial charge in [-0.3, -0.25) is 4.79 Å². The fraction of sp³-hybridized carbons (Fsp3) is 0.273. The van der Waals surface area contributed by atoms with Gasteiger partial charge in [0.2, 0.25) is 5.91 Å². The Kier molecular flexibility index (Phi) is 2.97. The van der Waals surface area contributed by atoms with E-state index < -0.39 is 0 Å². The zero-order valence-corrected chi connectivity index (χ0v) is 10.3. The number of rotatable bonds is 3. The molecular weight excluding hydrogens is 250 g/mol. The van der Waals surface area contributed by atoms with Gasteiger partial charge in [0.1, 0.15) is 0 Å². The van der Waals surface area contributed by atoms with Crippen LogP contribution >= 0.6 is 11.8 Å². The SMILES string of the molecule is O=C(NCc1nn[nH]n1)C1Cc2ccccc2S1. The van der Waals surface area contributed by atoms with Gasteiger partial charge < -0.3 is 5.32 Å². The molecular formula is C11H11N5OS. The number of amides is 1. The molecule has 0 saturated carbocycles. The minimum Gasteiger partial charge on any atom is -0.348 e. The average Bonchev–Trinajstić information content (AvgIpc) is 3.04. The number of carbonyl (C=O) groups excluding carboxylic acids is 1. The second-order valence-electron chi connectivity index (χ2n) is 3.96. The largest absolute Gasteiger partial charge is 0.348 e. The zero-order chi connectivity index (χ0) is 12.4. The number of aromatic amines is 1. The van der Waals surface area contributed by atoms with Crippen LogP contribution in [0.15, 0.2) is 29.2 Å².